The Morgan fingerprint density at radius 2 is 2.24 bits per heavy atom. The summed E-state index contributed by atoms with van der Waals surface area (Å²) in [5, 5.41) is 1.82. The van der Waals surface area contributed by atoms with Gasteiger partial charge in [-0.25, -0.2) is 4.98 Å². The van der Waals surface area contributed by atoms with E-state index in [0.717, 1.165) is 0 Å². The molecular weight excluding hydrogens is 228 g/mol. The van der Waals surface area contributed by atoms with Crippen LogP contribution in [0.15, 0.2) is 23.4 Å². The predicted octanol–water partition coefficient (Wildman–Crippen LogP) is 3.74. The number of hydrogen-bond acceptors (Lipinski definition) is 3. The van der Waals surface area contributed by atoms with Crippen LogP contribution in [0.1, 0.15) is 44.7 Å². The molecule has 0 radical (unpaired) electrons. The van der Waals surface area contributed by atoms with Crippen LogP contribution in [0.2, 0.25) is 0 Å². The van der Waals surface area contributed by atoms with E-state index in [-0.39, 0.29) is 0 Å². The molecule has 1 saturated heterocycles. The monoisotopic (exact) mass is 250 g/mol. The van der Waals surface area contributed by atoms with Gasteiger partial charge in [0.05, 0.1) is 0 Å². The van der Waals surface area contributed by atoms with E-state index in [2.05, 4.69) is 42.9 Å². The maximum atomic E-state index is 4.56. The van der Waals surface area contributed by atoms with Crippen molar-refractivity contribution in [2.24, 2.45) is 0 Å². The van der Waals surface area contributed by atoms with Gasteiger partial charge in [-0.15, -0.1) is 11.8 Å². The van der Waals surface area contributed by atoms with Crippen LogP contribution in [0.25, 0.3) is 0 Å². The minimum atomic E-state index is 0.568. The first-order valence-corrected chi connectivity index (χ1v) is 7.38. The van der Waals surface area contributed by atoms with Gasteiger partial charge in [0.2, 0.25) is 0 Å². The van der Waals surface area contributed by atoms with Gasteiger partial charge >= 0.3 is 0 Å². The molecule has 3 heteroatoms. The molecule has 1 aliphatic rings. The largest absolute Gasteiger partial charge is 0.299 e. The Morgan fingerprint density at radius 1 is 1.41 bits per heavy atom. The number of pyridine rings is 1. The van der Waals surface area contributed by atoms with Crippen LogP contribution >= 0.6 is 11.8 Å². The van der Waals surface area contributed by atoms with Crippen molar-refractivity contribution in [3.05, 3.63) is 23.9 Å². The molecule has 1 aromatic heterocycles. The lowest BCUT2D eigenvalue weighted by molar-refractivity contribution is 0.184. The summed E-state index contributed by atoms with van der Waals surface area (Å²) >= 11 is 1.88. The van der Waals surface area contributed by atoms with Crippen molar-refractivity contribution < 1.29 is 0 Å². The minimum Gasteiger partial charge on any atom is -0.299 e. The molecule has 0 bridgehead atoms. The Morgan fingerprint density at radius 3 is 2.94 bits per heavy atom. The maximum Gasteiger partial charge on any atom is 0.101 e. The summed E-state index contributed by atoms with van der Waals surface area (Å²) in [5.74, 6) is 0. The fourth-order valence-electron chi connectivity index (χ4n) is 2.45. The first-order valence-electron chi connectivity index (χ1n) is 6.50. The Balaban J connectivity index is 2.23. The fraction of sp³-hybridized carbons (Fsp3) is 0.643. The van der Waals surface area contributed by atoms with Crippen LogP contribution in [0, 0.1) is 0 Å². The molecule has 0 unspecified atom stereocenters. The Bertz CT molecular complexity index is 365. The molecule has 0 aliphatic carbocycles. The van der Waals surface area contributed by atoms with Crippen LogP contribution in [-0.2, 0) is 0 Å². The van der Waals surface area contributed by atoms with Crippen molar-refractivity contribution in [2.45, 2.75) is 49.4 Å². The summed E-state index contributed by atoms with van der Waals surface area (Å²) in [6.07, 6.45) is 5.86. The van der Waals surface area contributed by atoms with E-state index in [1.54, 1.807) is 0 Å². The van der Waals surface area contributed by atoms with Gasteiger partial charge in [-0.05, 0) is 32.5 Å². The quantitative estimate of drug-likeness (QED) is 0.760. The third kappa shape index (κ3) is 3.23. The van der Waals surface area contributed by atoms with Crippen molar-refractivity contribution in [3.8, 4) is 0 Å². The Labute approximate surface area is 109 Å². The fourth-order valence-corrected chi connectivity index (χ4v) is 3.36. The number of hydrogen-bond donors (Lipinski definition) is 0. The van der Waals surface area contributed by atoms with Crippen LogP contribution in [0.5, 0.6) is 0 Å². The summed E-state index contributed by atoms with van der Waals surface area (Å²) in [5.41, 5.74) is 1.42. The van der Waals surface area contributed by atoms with Gasteiger partial charge in [0.15, 0.2) is 0 Å². The normalized spacial score (nSPS) is 22.0. The molecule has 2 heterocycles. The number of aromatic nitrogens is 1. The number of rotatable bonds is 3. The van der Waals surface area contributed by atoms with Gasteiger partial charge in [0, 0.05) is 23.1 Å². The number of piperidine rings is 1. The summed E-state index contributed by atoms with van der Waals surface area (Å²) < 4.78 is 0. The molecule has 17 heavy (non-hydrogen) atoms. The number of thioether (sulfide) groups is 1. The second kappa shape index (κ2) is 5.87. The van der Waals surface area contributed by atoms with Crippen molar-refractivity contribution in [2.75, 3.05) is 13.6 Å². The second-order valence-electron chi connectivity index (χ2n) is 5.06. The molecule has 0 saturated carbocycles. The van der Waals surface area contributed by atoms with E-state index in [0.29, 0.717) is 11.3 Å². The average Bonchev–Trinajstić information content (AvgIpc) is 2.30. The van der Waals surface area contributed by atoms with Gasteiger partial charge in [0.25, 0.3) is 0 Å². The zero-order valence-corrected chi connectivity index (χ0v) is 11.8. The molecule has 2 nitrogen and oxygen atoms in total. The Kier molecular flexibility index (Phi) is 4.46. The van der Waals surface area contributed by atoms with Crippen molar-refractivity contribution >= 4 is 11.8 Å². The van der Waals surface area contributed by atoms with Gasteiger partial charge in [-0.2, -0.15) is 0 Å². The summed E-state index contributed by atoms with van der Waals surface area (Å²) in [6, 6.07) is 4.89. The lowest BCUT2D eigenvalue weighted by Gasteiger charge is -2.33. The molecule has 1 atom stereocenters. The second-order valence-corrected chi connectivity index (χ2v) is 6.62. The smallest absolute Gasteiger partial charge is 0.101 e. The van der Waals surface area contributed by atoms with Crippen LogP contribution in [-0.4, -0.2) is 28.7 Å². The Hall–Kier alpha value is -0.540. The molecule has 1 aromatic rings. The van der Waals surface area contributed by atoms with E-state index in [4.69, 9.17) is 0 Å². The summed E-state index contributed by atoms with van der Waals surface area (Å²) in [7, 11) is 2.24. The van der Waals surface area contributed by atoms with Crippen LogP contribution < -0.4 is 0 Å². The molecule has 94 valence electrons. The summed E-state index contributed by atoms with van der Waals surface area (Å²) in [6.45, 7) is 5.67. The van der Waals surface area contributed by atoms with E-state index in [9.17, 15) is 0 Å². The first-order chi connectivity index (χ1) is 8.18. The molecular formula is C14H22N2S. The third-order valence-corrected chi connectivity index (χ3v) is 4.31. The maximum absolute atomic E-state index is 4.56. The molecule has 0 N–H and O–H groups in total. The van der Waals surface area contributed by atoms with E-state index < -0.39 is 0 Å². The lowest BCUT2D eigenvalue weighted by Crippen LogP contribution is -2.30. The molecule has 0 spiro atoms. The number of nitrogens with zero attached hydrogens (tertiary/aromatic N) is 2. The third-order valence-electron chi connectivity index (χ3n) is 3.28. The minimum absolute atomic E-state index is 0.568. The van der Waals surface area contributed by atoms with Crippen molar-refractivity contribution in [1.82, 2.24) is 9.88 Å². The van der Waals surface area contributed by atoms with E-state index >= 15 is 0 Å². The topological polar surface area (TPSA) is 16.1 Å². The lowest BCUT2D eigenvalue weighted by atomic mass is 9.97. The highest BCUT2D eigenvalue weighted by Crippen LogP contribution is 2.35. The molecule has 1 fully saturated rings. The predicted molar refractivity (Wildman–Crippen MR) is 74.5 cm³/mol. The zero-order chi connectivity index (χ0) is 12.3. The molecule has 0 aromatic carbocycles. The SMILES string of the molecule is CC(C)Sc1ncccc1[C@@H]1CCCCN1C. The highest BCUT2D eigenvalue weighted by atomic mass is 32.2. The average molecular weight is 250 g/mol. The number of likely N-dealkylation sites (tertiary alicyclic amines) is 1. The van der Waals surface area contributed by atoms with Gasteiger partial charge in [0.1, 0.15) is 5.03 Å². The molecule has 2 rings (SSSR count). The van der Waals surface area contributed by atoms with Crippen LogP contribution in [0.3, 0.4) is 0 Å². The van der Waals surface area contributed by atoms with Gasteiger partial charge in [-0.3, -0.25) is 4.90 Å². The molecule has 0 amide bonds. The van der Waals surface area contributed by atoms with Gasteiger partial charge in [-0.1, -0.05) is 26.3 Å². The van der Waals surface area contributed by atoms with E-state index in [1.807, 2.05) is 18.0 Å². The standard InChI is InChI=1S/C14H22N2S/c1-11(2)17-14-12(7-6-9-15-14)13-8-4-5-10-16(13)3/h6-7,9,11,13H,4-5,8,10H2,1-3H3/t13-/m0/s1. The highest BCUT2D eigenvalue weighted by Gasteiger charge is 2.23. The highest BCUT2D eigenvalue weighted by molar-refractivity contribution is 7.99. The van der Waals surface area contributed by atoms with Crippen molar-refractivity contribution in [1.29, 1.82) is 0 Å². The van der Waals surface area contributed by atoms with Crippen LogP contribution in [0.4, 0.5) is 0 Å². The van der Waals surface area contributed by atoms with Crippen molar-refractivity contribution in [3.63, 3.8) is 0 Å². The van der Waals surface area contributed by atoms with E-state index in [1.165, 1.54) is 36.4 Å². The zero-order valence-electron chi connectivity index (χ0n) is 11.0. The van der Waals surface area contributed by atoms with Gasteiger partial charge < -0.3 is 0 Å². The molecule has 1 aliphatic heterocycles. The first kappa shape index (κ1) is 12.9. The summed E-state index contributed by atoms with van der Waals surface area (Å²) in [4.78, 5) is 7.04.